The number of furan rings is 1. The third kappa shape index (κ3) is 1.23. The quantitative estimate of drug-likeness (QED) is 0.675. The zero-order valence-corrected chi connectivity index (χ0v) is 7.90. The average molecular weight is 186 g/mol. The molecule has 0 aromatic carbocycles. The predicted molar refractivity (Wildman–Crippen MR) is 57.9 cm³/mol. The Labute approximate surface area is 81.8 Å². The topological polar surface area (TPSA) is 38.4 Å². The van der Waals surface area contributed by atoms with Crippen molar-refractivity contribution in [2.75, 3.05) is 0 Å². The molecular weight excluding hydrogens is 176 g/mol. The minimum absolute atomic E-state index is 0.705. The summed E-state index contributed by atoms with van der Waals surface area (Å²) < 4.78 is 5.55. The molecule has 3 heteroatoms. The van der Waals surface area contributed by atoms with Gasteiger partial charge in [0.05, 0.1) is 0 Å². The fraction of sp³-hybridized carbons (Fsp3) is 0.0909. The molecule has 2 rings (SSSR count). The van der Waals surface area contributed by atoms with E-state index in [1.807, 2.05) is 31.2 Å². The van der Waals surface area contributed by atoms with Gasteiger partial charge in [-0.15, -0.1) is 0 Å². The van der Waals surface area contributed by atoms with Crippen LogP contribution in [0.5, 0.6) is 0 Å². The molecule has 0 aliphatic rings. The molecule has 2 aromatic heterocycles. The summed E-state index contributed by atoms with van der Waals surface area (Å²) in [6.07, 6.45) is 5.46. The van der Waals surface area contributed by atoms with Gasteiger partial charge in [-0.2, -0.15) is 0 Å². The summed E-state index contributed by atoms with van der Waals surface area (Å²) in [4.78, 5) is 8.11. The molecule has 0 radical (unpaired) electrons. The molecule has 3 nitrogen and oxygen atoms in total. The van der Waals surface area contributed by atoms with E-state index in [2.05, 4.69) is 16.7 Å². The van der Waals surface area contributed by atoms with E-state index in [0.717, 1.165) is 11.1 Å². The predicted octanol–water partition coefficient (Wildman–Crippen LogP) is 3.19. The van der Waals surface area contributed by atoms with Crippen LogP contribution in [-0.2, 0) is 0 Å². The van der Waals surface area contributed by atoms with Gasteiger partial charge < -0.3 is 4.42 Å². The Kier molecular flexibility index (Phi) is 2.14. The molecule has 14 heavy (non-hydrogen) atoms. The van der Waals surface area contributed by atoms with Crippen LogP contribution in [-0.4, -0.2) is 11.7 Å². The Bertz CT molecular complexity index is 497. The molecular formula is C11H10N2O. The van der Waals surface area contributed by atoms with Crippen LogP contribution in [0.4, 0.5) is 5.69 Å². The van der Waals surface area contributed by atoms with Gasteiger partial charge in [0.15, 0.2) is 11.3 Å². The van der Waals surface area contributed by atoms with Gasteiger partial charge in [-0.25, -0.2) is 0 Å². The van der Waals surface area contributed by atoms with Crippen LogP contribution in [0.2, 0.25) is 0 Å². The van der Waals surface area contributed by atoms with Crippen LogP contribution in [0.25, 0.3) is 17.2 Å². The first-order chi connectivity index (χ1) is 6.86. The van der Waals surface area contributed by atoms with Gasteiger partial charge in [-0.3, -0.25) is 9.98 Å². The van der Waals surface area contributed by atoms with Crippen molar-refractivity contribution in [3.8, 4) is 0 Å². The Balaban J connectivity index is 2.78. The van der Waals surface area contributed by atoms with E-state index < -0.39 is 0 Å². The number of aliphatic imine (C=N–C) groups is 1. The zero-order chi connectivity index (χ0) is 9.97. The Morgan fingerprint density at radius 2 is 2.43 bits per heavy atom. The van der Waals surface area contributed by atoms with E-state index >= 15 is 0 Å². The Morgan fingerprint density at radius 3 is 3.14 bits per heavy atom. The molecule has 0 spiro atoms. The lowest BCUT2D eigenvalue weighted by atomic mass is 10.3. The minimum Gasteiger partial charge on any atom is -0.453 e. The fourth-order valence-electron chi connectivity index (χ4n) is 1.35. The Hall–Kier alpha value is -1.90. The molecule has 0 saturated carbocycles. The van der Waals surface area contributed by atoms with E-state index in [1.54, 1.807) is 6.20 Å². The maximum absolute atomic E-state index is 5.55. The van der Waals surface area contributed by atoms with Crippen LogP contribution < -0.4 is 0 Å². The maximum atomic E-state index is 5.55. The number of allylic oxidation sites excluding steroid dienone is 1. The number of pyridine rings is 1. The van der Waals surface area contributed by atoms with Crippen molar-refractivity contribution >= 4 is 29.6 Å². The summed E-state index contributed by atoms with van der Waals surface area (Å²) in [5, 5.41) is 0. The summed E-state index contributed by atoms with van der Waals surface area (Å²) in [6, 6.07) is 3.70. The molecule has 2 heterocycles. The standard InChI is InChI=1S/C11H10N2O/c1-3-5-8-10(12-2)11-9(14-8)6-4-7-13-11/h3-7H,2H2,1H3/b5-3-. The molecule has 0 atom stereocenters. The van der Waals surface area contributed by atoms with Crippen molar-refractivity contribution in [1.82, 2.24) is 4.98 Å². The molecule has 0 bridgehead atoms. The average Bonchev–Trinajstić information content (AvgIpc) is 2.55. The van der Waals surface area contributed by atoms with Gasteiger partial charge in [-0.05, 0) is 31.9 Å². The number of hydrogen-bond donors (Lipinski definition) is 0. The highest BCUT2D eigenvalue weighted by Gasteiger charge is 2.10. The van der Waals surface area contributed by atoms with Crippen molar-refractivity contribution in [2.24, 2.45) is 4.99 Å². The fourth-order valence-corrected chi connectivity index (χ4v) is 1.35. The zero-order valence-electron chi connectivity index (χ0n) is 7.90. The highest BCUT2D eigenvalue weighted by atomic mass is 16.3. The van der Waals surface area contributed by atoms with Crippen molar-refractivity contribution in [3.05, 3.63) is 30.2 Å². The molecule has 0 N–H and O–H groups in total. The lowest BCUT2D eigenvalue weighted by molar-refractivity contribution is 0.604. The molecule has 0 saturated heterocycles. The van der Waals surface area contributed by atoms with Crippen molar-refractivity contribution < 1.29 is 4.42 Å². The lowest BCUT2D eigenvalue weighted by Crippen LogP contribution is -1.70. The highest BCUT2D eigenvalue weighted by molar-refractivity contribution is 5.90. The van der Waals surface area contributed by atoms with Crippen LogP contribution in [0.15, 0.2) is 33.8 Å². The van der Waals surface area contributed by atoms with E-state index in [-0.39, 0.29) is 0 Å². The van der Waals surface area contributed by atoms with Gasteiger partial charge in [0.1, 0.15) is 11.2 Å². The van der Waals surface area contributed by atoms with E-state index in [4.69, 9.17) is 4.42 Å². The number of nitrogens with zero attached hydrogens (tertiary/aromatic N) is 2. The van der Waals surface area contributed by atoms with Gasteiger partial charge in [0.25, 0.3) is 0 Å². The van der Waals surface area contributed by atoms with Gasteiger partial charge in [0, 0.05) is 6.20 Å². The Morgan fingerprint density at radius 1 is 1.57 bits per heavy atom. The van der Waals surface area contributed by atoms with E-state index in [9.17, 15) is 0 Å². The molecule has 0 aliphatic carbocycles. The van der Waals surface area contributed by atoms with Crippen molar-refractivity contribution in [3.63, 3.8) is 0 Å². The number of hydrogen-bond acceptors (Lipinski definition) is 3. The van der Waals surface area contributed by atoms with Crippen LogP contribution in [0, 0.1) is 0 Å². The summed E-state index contributed by atoms with van der Waals surface area (Å²) in [5.41, 5.74) is 2.21. The summed E-state index contributed by atoms with van der Waals surface area (Å²) in [7, 11) is 0. The van der Waals surface area contributed by atoms with Crippen LogP contribution in [0.1, 0.15) is 12.7 Å². The van der Waals surface area contributed by atoms with Gasteiger partial charge >= 0.3 is 0 Å². The molecule has 0 amide bonds. The molecule has 0 aliphatic heterocycles. The third-order valence-electron chi connectivity index (χ3n) is 1.92. The number of rotatable bonds is 2. The van der Waals surface area contributed by atoms with Crippen LogP contribution >= 0.6 is 0 Å². The van der Waals surface area contributed by atoms with Crippen molar-refractivity contribution in [2.45, 2.75) is 6.92 Å². The maximum Gasteiger partial charge on any atom is 0.155 e. The number of fused-ring (bicyclic) bond motifs is 1. The van der Waals surface area contributed by atoms with Crippen molar-refractivity contribution in [1.29, 1.82) is 0 Å². The normalized spacial score (nSPS) is 11.2. The largest absolute Gasteiger partial charge is 0.453 e. The van der Waals surface area contributed by atoms with Gasteiger partial charge in [-0.1, -0.05) is 6.08 Å². The summed E-state index contributed by atoms with van der Waals surface area (Å²) in [5.74, 6) is 0.705. The summed E-state index contributed by atoms with van der Waals surface area (Å²) >= 11 is 0. The first-order valence-electron chi connectivity index (χ1n) is 4.33. The smallest absolute Gasteiger partial charge is 0.155 e. The second-order valence-electron chi connectivity index (χ2n) is 2.82. The summed E-state index contributed by atoms with van der Waals surface area (Å²) in [6.45, 7) is 5.44. The molecule has 0 unspecified atom stereocenters. The second-order valence-corrected chi connectivity index (χ2v) is 2.82. The SMILES string of the molecule is C=Nc1c(/C=C\C)oc2cccnc12. The third-order valence-corrected chi connectivity index (χ3v) is 1.92. The first-order valence-corrected chi connectivity index (χ1v) is 4.33. The number of aromatic nitrogens is 1. The van der Waals surface area contributed by atoms with Crippen LogP contribution in [0.3, 0.4) is 0 Å². The lowest BCUT2D eigenvalue weighted by Gasteiger charge is -1.87. The monoisotopic (exact) mass is 186 g/mol. The minimum atomic E-state index is 0.705. The molecule has 0 fully saturated rings. The first kappa shape index (κ1) is 8.69. The second kappa shape index (κ2) is 3.46. The van der Waals surface area contributed by atoms with E-state index in [0.29, 0.717) is 11.4 Å². The molecule has 2 aromatic rings. The highest BCUT2D eigenvalue weighted by Crippen LogP contribution is 2.31. The molecule has 70 valence electrons. The van der Waals surface area contributed by atoms with E-state index in [1.165, 1.54) is 0 Å². The van der Waals surface area contributed by atoms with Gasteiger partial charge in [0.2, 0.25) is 0 Å².